The third kappa shape index (κ3) is 3.91. The smallest absolute Gasteiger partial charge is 0.336 e. The summed E-state index contributed by atoms with van der Waals surface area (Å²) in [7, 11) is 0. The maximum Gasteiger partial charge on any atom is 0.336 e. The molecule has 0 spiro atoms. The minimum atomic E-state index is -0.439. The number of esters is 1. The van der Waals surface area contributed by atoms with Crippen molar-refractivity contribution in [1.82, 2.24) is 5.32 Å². The van der Waals surface area contributed by atoms with Crippen LogP contribution < -0.4 is 5.32 Å². The fraction of sp³-hybridized carbons (Fsp3) is 0.200. The predicted octanol–water partition coefficient (Wildman–Crippen LogP) is 3.96. The van der Waals surface area contributed by atoms with Crippen LogP contribution in [0.2, 0.25) is 5.02 Å². The van der Waals surface area contributed by atoms with Crippen molar-refractivity contribution >= 4 is 23.5 Å². The van der Waals surface area contributed by atoms with Gasteiger partial charge in [0.1, 0.15) is 6.61 Å². The topological polar surface area (TPSA) is 55.4 Å². The van der Waals surface area contributed by atoms with E-state index in [-0.39, 0.29) is 18.9 Å². The third-order valence-electron chi connectivity index (χ3n) is 4.18. The van der Waals surface area contributed by atoms with Crippen molar-refractivity contribution in [2.75, 3.05) is 0 Å². The molecule has 2 aromatic rings. The Balaban J connectivity index is 1.87. The van der Waals surface area contributed by atoms with Crippen LogP contribution in [-0.2, 0) is 20.9 Å². The highest BCUT2D eigenvalue weighted by atomic mass is 35.5. The van der Waals surface area contributed by atoms with Gasteiger partial charge in [0.05, 0.1) is 5.57 Å². The van der Waals surface area contributed by atoms with Crippen molar-refractivity contribution in [2.45, 2.75) is 25.9 Å². The molecule has 0 saturated carbocycles. The molecule has 5 heteroatoms. The highest BCUT2D eigenvalue weighted by Crippen LogP contribution is 2.37. The van der Waals surface area contributed by atoms with Gasteiger partial charge in [0.15, 0.2) is 0 Å². The number of nitrogens with one attached hydrogen (secondary N) is 1. The normalized spacial score (nSPS) is 17.2. The van der Waals surface area contributed by atoms with Crippen LogP contribution in [0, 0.1) is 0 Å². The van der Waals surface area contributed by atoms with Gasteiger partial charge in [-0.2, -0.15) is 0 Å². The Morgan fingerprint density at radius 1 is 1.16 bits per heavy atom. The van der Waals surface area contributed by atoms with Gasteiger partial charge in [0.2, 0.25) is 5.91 Å². The van der Waals surface area contributed by atoms with E-state index in [1.54, 1.807) is 13.0 Å². The number of allylic oxidation sites excluding steroid dienone is 1. The summed E-state index contributed by atoms with van der Waals surface area (Å²) in [5.74, 6) is -0.987. The maximum atomic E-state index is 12.7. The Bertz CT molecular complexity index is 830. The molecule has 25 heavy (non-hydrogen) atoms. The summed E-state index contributed by atoms with van der Waals surface area (Å²) in [6.07, 6.45) is 0.164. The highest BCUT2D eigenvalue weighted by molar-refractivity contribution is 6.31. The Morgan fingerprint density at radius 3 is 2.56 bits per heavy atom. The van der Waals surface area contributed by atoms with Gasteiger partial charge in [0, 0.05) is 23.1 Å². The zero-order valence-corrected chi connectivity index (χ0v) is 14.5. The molecule has 1 aliphatic heterocycles. The first-order valence-corrected chi connectivity index (χ1v) is 8.40. The summed E-state index contributed by atoms with van der Waals surface area (Å²) in [6.45, 7) is 1.89. The summed E-state index contributed by atoms with van der Waals surface area (Å²) in [6, 6.07) is 16.7. The van der Waals surface area contributed by atoms with Crippen molar-refractivity contribution in [3.05, 3.63) is 82.0 Å². The maximum absolute atomic E-state index is 12.7. The first-order valence-electron chi connectivity index (χ1n) is 8.02. The fourth-order valence-electron chi connectivity index (χ4n) is 3.00. The van der Waals surface area contributed by atoms with E-state index >= 15 is 0 Å². The SMILES string of the molecule is CC1=C(C(=O)OCc2ccccc2)C(c2ccccc2Cl)CC(=O)N1. The molecule has 4 nitrogen and oxygen atoms in total. The van der Waals surface area contributed by atoms with Gasteiger partial charge in [-0.05, 0) is 24.1 Å². The summed E-state index contributed by atoms with van der Waals surface area (Å²) in [5.41, 5.74) is 2.62. The van der Waals surface area contributed by atoms with Crippen molar-refractivity contribution in [3.63, 3.8) is 0 Å². The standard InChI is InChI=1S/C20H18ClNO3/c1-13-19(20(24)25-12-14-7-3-2-4-8-14)16(11-18(23)22-13)15-9-5-6-10-17(15)21/h2-10,16H,11-12H2,1H3,(H,22,23). The molecule has 2 aromatic carbocycles. The summed E-state index contributed by atoms with van der Waals surface area (Å²) < 4.78 is 5.47. The van der Waals surface area contributed by atoms with Crippen LogP contribution in [0.3, 0.4) is 0 Å². The summed E-state index contributed by atoms with van der Waals surface area (Å²) >= 11 is 6.29. The monoisotopic (exact) mass is 355 g/mol. The number of carbonyl (C=O) groups excluding carboxylic acids is 2. The van der Waals surface area contributed by atoms with Gasteiger partial charge < -0.3 is 10.1 Å². The molecule has 1 N–H and O–H groups in total. The Labute approximate surface area is 151 Å². The van der Waals surface area contributed by atoms with Crippen molar-refractivity contribution in [3.8, 4) is 0 Å². The van der Waals surface area contributed by atoms with Crippen LogP contribution >= 0.6 is 11.6 Å². The molecule has 1 unspecified atom stereocenters. The Morgan fingerprint density at radius 2 is 1.84 bits per heavy atom. The van der Waals surface area contributed by atoms with Gasteiger partial charge in [0.25, 0.3) is 0 Å². The van der Waals surface area contributed by atoms with Crippen LogP contribution in [0.15, 0.2) is 65.9 Å². The molecule has 0 saturated heterocycles. The van der Waals surface area contributed by atoms with Crippen LogP contribution in [0.25, 0.3) is 0 Å². The quantitative estimate of drug-likeness (QED) is 0.844. The first-order chi connectivity index (χ1) is 12.1. The summed E-state index contributed by atoms with van der Waals surface area (Å²) in [4.78, 5) is 24.7. The molecule has 1 heterocycles. The predicted molar refractivity (Wildman–Crippen MR) is 95.9 cm³/mol. The van der Waals surface area contributed by atoms with Crippen molar-refractivity contribution in [2.24, 2.45) is 0 Å². The number of ether oxygens (including phenoxy) is 1. The first kappa shape index (κ1) is 17.2. The van der Waals surface area contributed by atoms with Crippen molar-refractivity contribution < 1.29 is 14.3 Å². The molecule has 3 rings (SSSR count). The van der Waals surface area contributed by atoms with E-state index in [0.717, 1.165) is 11.1 Å². The van der Waals surface area contributed by atoms with Crippen LogP contribution in [0.1, 0.15) is 30.4 Å². The number of carbonyl (C=O) groups is 2. The minimum absolute atomic E-state index is 0.137. The molecular weight excluding hydrogens is 338 g/mol. The Kier molecular flexibility index (Phi) is 5.19. The van der Waals surface area contributed by atoms with E-state index in [2.05, 4.69) is 5.32 Å². The number of amides is 1. The van der Waals surface area contributed by atoms with Crippen LogP contribution in [-0.4, -0.2) is 11.9 Å². The number of rotatable bonds is 4. The van der Waals surface area contributed by atoms with Crippen LogP contribution in [0.4, 0.5) is 0 Å². The Hall–Kier alpha value is -2.59. The molecule has 0 aromatic heterocycles. The average molecular weight is 356 g/mol. The molecule has 1 amide bonds. The molecule has 0 radical (unpaired) electrons. The number of halogens is 1. The zero-order valence-electron chi connectivity index (χ0n) is 13.8. The molecule has 1 atom stereocenters. The molecule has 0 fully saturated rings. The lowest BCUT2D eigenvalue weighted by atomic mass is 9.84. The van der Waals surface area contributed by atoms with Gasteiger partial charge in [-0.15, -0.1) is 0 Å². The van der Waals surface area contributed by atoms with E-state index in [9.17, 15) is 9.59 Å². The van der Waals surface area contributed by atoms with E-state index < -0.39 is 11.9 Å². The van der Waals surface area contributed by atoms with Gasteiger partial charge in [-0.1, -0.05) is 60.1 Å². The number of hydrogen-bond donors (Lipinski definition) is 1. The van der Waals surface area contributed by atoms with Gasteiger partial charge >= 0.3 is 5.97 Å². The second-order valence-electron chi connectivity index (χ2n) is 5.93. The molecular formula is C20H18ClNO3. The highest BCUT2D eigenvalue weighted by Gasteiger charge is 2.33. The lowest BCUT2D eigenvalue weighted by Crippen LogP contribution is -2.34. The van der Waals surface area contributed by atoms with E-state index in [0.29, 0.717) is 16.3 Å². The molecule has 128 valence electrons. The van der Waals surface area contributed by atoms with E-state index in [1.807, 2.05) is 48.5 Å². The zero-order chi connectivity index (χ0) is 17.8. The fourth-order valence-corrected chi connectivity index (χ4v) is 3.26. The molecule has 1 aliphatic rings. The van der Waals surface area contributed by atoms with Gasteiger partial charge in [-0.25, -0.2) is 4.79 Å². The third-order valence-corrected chi connectivity index (χ3v) is 4.53. The largest absolute Gasteiger partial charge is 0.457 e. The van der Waals surface area contributed by atoms with Crippen molar-refractivity contribution in [1.29, 1.82) is 0 Å². The van der Waals surface area contributed by atoms with Gasteiger partial charge in [-0.3, -0.25) is 4.79 Å². The molecule has 0 bridgehead atoms. The molecule has 0 aliphatic carbocycles. The lowest BCUT2D eigenvalue weighted by molar-refractivity contribution is -0.141. The average Bonchev–Trinajstić information content (AvgIpc) is 2.60. The second kappa shape index (κ2) is 7.53. The van der Waals surface area contributed by atoms with E-state index in [1.165, 1.54) is 0 Å². The second-order valence-corrected chi connectivity index (χ2v) is 6.33. The number of benzene rings is 2. The lowest BCUT2D eigenvalue weighted by Gasteiger charge is -2.27. The van der Waals surface area contributed by atoms with Crippen LogP contribution in [0.5, 0.6) is 0 Å². The summed E-state index contributed by atoms with van der Waals surface area (Å²) in [5, 5.41) is 3.26. The minimum Gasteiger partial charge on any atom is -0.457 e. The van der Waals surface area contributed by atoms with E-state index in [4.69, 9.17) is 16.3 Å². The number of hydrogen-bond acceptors (Lipinski definition) is 3.